The fourth-order valence-electron chi connectivity index (χ4n) is 2.01. The topological polar surface area (TPSA) is 78.9 Å². The average Bonchev–Trinajstić information content (AvgIpc) is 2.77. The van der Waals surface area contributed by atoms with E-state index < -0.39 is 0 Å². The molecule has 1 saturated heterocycles. The maximum absolute atomic E-state index is 11.2. The van der Waals surface area contributed by atoms with Gasteiger partial charge in [0, 0.05) is 32.0 Å². The number of anilines is 2. The first kappa shape index (κ1) is 12.6. The second kappa shape index (κ2) is 5.20. The van der Waals surface area contributed by atoms with Crippen molar-refractivity contribution in [2.24, 2.45) is 0 Å². The number of nitrogens with zero attached hydrogens (tertiary/aromatic N) is 2. The van der Waals surface area contributed by atoms with Crippen molar-refractivity contribution in [2.75, 3.05) is 24.2 Å². The molecule has 0 radical (unpaired) electrons. The first-order valence-corrected chi connectivity index (χ1v) is 6.22. The fourth-order valence-corrected chi connectivity index (χ4v) is 2.01. The summed E-state index contributed by atoms with van der Waals surface area (Å²) in [6.45, 7) is 4.64. The van der Waals surface area contributed by atoms with Crippen LogP contribution < -0.4 is 16.0 Å². The van der Waals surface area contributed by atoms with E-state index in [2.05, 4.69) is 25.9 Å². The van der Waals surface area contributed by atoms with Crippen molar-refractivity contribution in [3.8, 4) is 0 Å². The van der Waals surface area contributed by atoms with E-state index in [1.807, 2.05) is 20.9 Å². The summed E-state index contributed by atoms with van der Waals surface area (Å²) in [5.74, 6) is 2.53. The maximum Gasteiger partial charge on any atom is 0.222 e. The van der Waals surface area contributed by atoms with Gasteiger partial charge >= 0.3 is 0 Å². The number of amides is 1. The lowest BCUT2D eigenvalue weighted by Gasteiger charge is -2.16. The van der Waals surface area contributed by atoms with Gasteiger partial charge in [-0.25, -0.2) is 9.97 Å². The van der Waals surface area contributed by atoms with Crippen molar-refractivity contribution in [1.82, 2.24) is 15.3 Å². The van der Waals surface area contributed by atoms with Gasteiger partial charge in [0.2, 0.25) is 5.91 Å². The molecule has 0 spiro atoms. The summed E-state index contributed by atoms with van der Waals surface area (Å²) in [6, 6.07) is 0.112. The highest BCUT2D eigenvalue weighted by Crippen LogP contribution is 2.21. The quantitative estimate of drug-likeness (QED) is 0.731. The van der Waals surface area contributed by atoms with Crippen molar-refractivity contribution in [2.45, 2.75) is 32.7 Å². The van der Waals surface area contributed by atoms with E-state index in [0.29, 0.717) is 13.0 Å². The highest BCUT2D eigenvalue weighted by molar-refractivity contribution is 5.79. The molecule has 6 nitrogen and oxygen atoms in total. The Hall–Kier alpha value is -1.85. The highest BCUT2D eigenvalue weighted by atomic mass is 16.1. The van der Waals surface area contributed by atoms with Gasteiger partial charge in [-0.15, -0.1) is 0 Å². The lowest BCUT2D eigenvalue weighted by molar-refractivity contribution is -0.119. The van der Waals surface area contributed by atoms with Crippen LogP contribution in [0.15, 0.2) is 0 Å². The van der Waals surface area contributed by atoms with E-state index in [1.165, 1.54) is 0 Å². The van der Waals surface area contributed by atoms with Gasteiger partial charge in [0.25, 0.3) is 0 Å². The van der Waals surface area contributed by atoms with Crippen LogP contribution in [-0.2, 0) is 11.2 Å². The van der Waals surface area contributed by atoms with Crippen LogP contribution in [0.1, 0.15) is 24.7 Å². The lowest BCUT2D eigenvalue weighted by Crippen LogP contribution is -2.24. The van der Waals surface area contributed by atoms with Crippen molar-refractivity contribution in [3.63, 3.8) is 0 Å². The molecule has 0 bridgehead atoms. The van der Waals surface area contributed by atoms with Gasteiger partial charge in [-0.2, -0.15) is 0 Å². The highest BCUT2D eigenvalue weighted by Gasteiger charge is 2.22. The van der Waals surface area contributed by atoms with E-state index in [-0.39, 0.29) is 11.9 Å². The predicted molar refractivity (Wildman–Crippen MR) is 70.7 cm³/mol. The van der Waals surface area contributed by atoms with Gasteiger partial charge in [0.05, 0.1) is 6.04 Å². The van der Waals surface area contributed by atoms with E-state index in [9.17, 15) is 4.79 Å². The molecule has 3 N–H and O–H groups in total. The third-order valence-corrected chi connectivity index (χ3v) is 3.06. The third kappa shape index (κ3) is 2.52. The standard InChI is InChI=1S/C12H19N5O/c1-4-9-16-11(13-3)7(2)12(17-9)15-8-5-10(18)14-6-8/h8H,4-6H2,1-3H3,(H,14,18)(H2,13,15,16,17). The molecule has 0 aromatic carbocycles. The van der Waals surface area contributed by atoms with Crippen LogP contribution in [-0.4, -0.2) is 35.5 Å². The summed E-state index contributed by atoms with van der Waals surface area (Å²) in [7, 11) is 1.85. The molecule has 1 amide bonds. The van der Waals surface area contributed by atoms with Crippen LogP contribution in [0, 0.1) is 6.92 Å². The molecule has 98 valence electrons. The minimum absolute atomic E-state index is 0.0868. The summed E-state index contributed by atoms with van der Waals surface area (Å²) < 4.78 is 0. The van der Waals surface area contributed by atoms with E-state index in [4.69, 9.17) is 0 Å². The van der Waals surface area contributed by atoms with Crippen molar-refractivity contribution >= 4 is 17.5 Å². The molecule has 1 atom stereocenters. The zero-order valence-corrected chi connectivity index (χ0v) is 11.0. The molecule has 1 aliphatic heterocycles. The fraction of sp³-hybridized carbons (Fsp3) is 0.583. The largest absolute Gasteiger partial charge is 0.373 e. The molecule has 2 heterocycles. The van der Waals surface area contributed by atoms with Gasteiger partial charge in [0.15, 0.2) is 0 Å². The zero-order valence-electron chi connectivity index (χ0n) is 11.0. The van der Waals surface area contributed by atoms with Crippen LogP contribution >= 0.6 is 0 Å². The van der Waals surface area contributed by atoms with Crippen LogP contribution in [0.5, 0.6) is 0 Å². The summed E-state index contributed by atoms with van der Waals surface area (Å²) in [4.78, 5) is 20.1. The number of hydrogen-bond acceptors (Lipinski definition) is 5. The minimum Gasteiger partial charge on any atom is -0.373 e. The van der Waals surface area contributed by atoms with Gasteiger partial charge in [-0.1, -0.05) is 6.92 Å². The monoisotopic (exact) mass is 249 g/mol. The molecule has 1 fully saturated rings. The summed E-state index contributed by atoms with van der Waals surface area (Å²) >= 11 is 0. The third-order valence-electron chi connectivity index (χ3n) is 3.06. The molecule has 1 aliphatic rings. The van der Waals surface area contributed by atoms with Crippen LogP contribution in [0.2, 0.25) is 0 Å². The van der Waals surface area contributed by atoms with Crippen molar-refractivity contribution < 1.29 is 4.79 Å². The Morgan fingerprint density at radius 2 is 2.11 bits per heavy atom. The van der Waals surface area contributed by atoms with Gasteiger partial charge in [0.1, 0.15) is 17.5 Å². The number of aryl methyl sites for hydroxylation is 1. The first-order valence-electron chi connectivity index (χ1n) is 6.22. The molecule has 1 unspecified atom stereocenters. The Kier molecular flexibility index (Phi) is 3.64. The Bertz CT molecular complexity index is 460. The molecular formula is C12H19N5O. The molecule has 0 saturated carbocycles. The molecule has 6 heteroatoms. The van der Waals surface area contributed by atoms with E-state index in [1.54, 1.807) is 0 Å². The number of hydrogen-bond donors (Lipinski definition) is 3. The Morgan fingerprint density at radius 1 is 1.39 bits per heavy atom. The van der Waals surface area contributed by atoms with E-state index in [0.717, 1.165) is 29.4 Å². The lowest BCUT2D eigenvalue weighted by atomic mass is 10.2. The van der Waals surface area contributed by atoms with Gasteiger partial charge in [-0.3, -0.25) is 4.79 Å². The Labute approximate surface area is 107 Å². The maximum atomic E-state index is 11.2. The van der Waals surface area contributed by atoms with Crippen LogP contribution in [0.25, 0.3) is 0 Å². The number of nitrogens with one attached hydrogen (secondary N) is 3. The SMILES string of the molecule is CCc1nc(NC)c(C)c(NC2CNC(=O)C2)n1. The minimum atomic E-state index is 0.0868. The Morgan fingerprint density at radius 3 is 2.67 bits per heavy atom. The first-order chi connectivity index (χ1) is 8.63. The molecule has 1 aromatic rings. The number of carbonyl (C=O) groups excluding carboxylic acids is 1. The number of aromatic nitrogens is 2. The van der Waals surface area contributed by atoms with Gasteiger partial charge in [-0.05, 0) is 6.92 Å². The average molecular weight is 249 g/mol. The predicted octanol–water partition coefficient (Wildman–Crippen LogP) is 0.690. The number of carbonyl (C=O) groups is 1. The molecule has 0 aliphatic carbocycles. The normalized spacial score (nSPS) is 18.6. The van der Waals surface area contributed by atoms with Crippen LogP contribution in [0.3, 0.4) is 0 Å². The molecular weight excluding hydrogens is 230 g/mol. The van der Waals surface area contributed by atoms with Crippen molar-refractivity contribution in [1.29, 1.82) is 0 Å². The Balaban J connectivity index is 2.23. The second-order valence-electron chi connectivity index (χ2n) is 4.42. The molecule has 1 aromatic heterocycles. The zero-order chi connectivity index (χ0) is 13.1. The smallest absolute Gasteiger partial charge is 0.222 e. The van der Waals surface area contributed by atoms with Crippen molar-refractivity contribution in [3.05, 3.63) is 11.4 Å². The molecule has 18 heavy (non-hydrogen) atoms. The van der Waals surface area contributed by atoms with Crippen LogP contribution in [0.4, 0.5) is 11.6 Å². The summed E-state index contributed by atoms with van der Waals surface area (Å²) in [6.07, 6.45) is 1.28. The number of rotatable bonds is 4. The second-order valence-corrected chi connectivity index (χ2v) is 4.42. The summed E-state index contributed by atoms with van der Waals surface area (Å²) in [5, 5.41) is 9.19. The summed E-state index contributed by atoms with van der Waals surface area (Å²) in [5.41, 5.74) is 0.981. The molecule has 2 rings (SSSR count). The van der Waals surface area contributed by atoms with Gasteiger partial charge < -0.3 is 16.0 Å². The van der Waals surface area contributed by atoms with E-state index >= 15 is 0 Å².